The molecule has 94 valence electrons. The first-order valence-corrected chi connectivity index (χ1v) is 7.49. The van der Waals surface area contributed by atoms with E-state index >= 15 is 0 Å². The molecule has 1 aliphatic heterocycles. The summed E-state index contributed by atoms with van der Waals surface area (Å²) in [6.07, 6.45) is 3.19. The fourth-order valence-corrected chi connectivity index (χ4v) is 3.43. The van der Waals surface area contributed by atoms with Crippen LogP contribution in [-0.4, -0.2) is 31.3 Å². The van der Waals surface area contributed by atoms with E-state index in [-0.39, 0.29) is 0 Å². The number of likely N-dealkylation sites (tertiary alicyclic amines) is 1. The molecular formula is C13H19ClN2S. The molecule has 1 saturated heterocycles. The van der Waals surface area contributed by atoms with Crippen molar-refractivity contribution < 1.29 is 0 Å². The summed E-state index contributed by atoms with van der Waals surface area (Å²) >= 11 is 7.95. The second kappa shape index (κ2) is 5.61. The minimum atomic E-state index is 0.469. The molecule has 0 aliphatic carbocycles. The Morgan fingerprint density at radius 2 is 2.29 bits per heavy atom. The van der Waals surface area contributed by atoms with Crippen molar-refractivity contribution in [1.82, 2.24) is 4.90 Å². The Morgan fingerprint density at radius 3 is 2.82 bits per heavy atom. The average Bonchev–Trinajstić information content (AvgIpc) is 2.70. The number of benzene rings is 1. The van der Waals surface area contributed by atoms with Gasteiger partial charge in [-0.25, -0.2) is 0 Å². The van der Waals surface area contributed by atoms with Gasteiger partial charge in [-0.1, -0.05) is 17.7 Å². The summed E-state index contributed by atoms with van der Waals surface area (Å²) in [4.78, 5) is 3.52. The molecule has 2 atom stereocenters. The molecule has 2 unspecified atom stereocenters. The molecule has 0 bridgehead atoms. The van der Waals surface area contributed by atoms with E-state index in [1.54, 1.807) is 11.8 Å². The molecule has 17 heavy (non-hydrogen) atoms. The van der Waals surface area contributed by atoms with E-state index in [9.17, 15) is 0 Å². The predicted molar refractivity (Wildman–Crippen MR) is 75.8 cm³/mol. The fourth-order valence-electron chi connectivity index (χ4n) is 2.56. The van der Waals surface area contributed by atoms with E-state index in [0.717, 1.165) is 29.4 Å². The fraction of sp³-hybridized carbons (Fsp3) is 0.538. The third-order valence-electron chi connectivity index (χ3n) is 3.53. The molecule has 1 aromatic rings. The molecule has 2 nitrogen and oxygen atoms in total. The lowest BCUT2D eigenvalue weighted by Gasteiger charge is -2.20. The average molecular weight is 271 g/mol. The van der Waals surface area contributed by atoms with E-state index in [0.29, 0.717) is 12.0 Å². The quantitative estimate of drug-likeness (QED) is 0.856. The second-order valence-corrected chi connectivity index (χ2v) is 5.94. The van der Waals surface area contributed by atoms with Gasteiger partial charge in [0.25, 0.3) is 0 Å². The monoisotopic (exact) mass is 270 g/mol. The van der Waals surface area contributed by atoms with Crippen LogP contribution in [0.2, 0.25) is 5.02 Å². The van der Waals surface area contributed by atoms with Crippen molar-refractivity contribution in [2.75, 3.05) is 26.4 Å². The van der Waals surface area contributed by atoms with Gasteiger partial charge in [-0.2, -0.15) is 0 Å². The van der Waals surface area contributed by atoms with E-state index in [4.69, 9.17) is 17.3 Å². The van der Waals surface area contributed by atoms with Crippen LogP contribution < -0.4 is 5.73 Å². The van der Waals surface area contributed by atoms with E-state index < -0.39 is 0 Å². The number of nitrogens with zero attached hydrogens (tertiary/aromatic N) is 1. The van der Waals surface area contributed by atoms with Gasteiger partial charge in [0.15, 0.2) is 0 Å². The Bertz CT molecular complexity index is 397. The van der Waals surface area contributed by atoms with Crippen molar-refractivity contribution >= 4 is 23.4 Å². The van der Waals surface area contributed by atoms with Crippen LogP contribution in [0.3, 0.4) is 0 Å². The molecule has 0 radical (unpaired) electrons. The highest BCUT2D eigenvalue weighted by Gasteiger charge is 2.29. The van der Waals surface area contributed by atoms with Gasteiger partial charge in [-0.15, -0.1) is 11.8 Å². The molecule has 1 heterocycles. The van der Waals surface area contributed by atoms with E-state index in [1.165, 1.54) is 5.56 Å². The van der Waals surface area contributed by atoms with Gasteiger partial charge < -0.3 is 5.73 Å². The standard InChI is InChI=1S/C13H19ClN2S/c1-16-8-9(7-15)5-12(16)10-3-4-13(17-2)11(14)6-10/h3-4,6,9,12H,5,7-8,15H2,1-2H3. The van der Waals surface area contributed by atoms with E-state index in [1.807, 2.05) is 6.26 Å². The van der Waals surface area contributed by atoms with E-state index in [2.05, 4.69) is 30.1 Å². The second-order valence-electron chi connectivity index (χ2n) is 4.69. The first kappa shape index (κ1) is 13.2. The van der Waals surface area contributed by atoms with Crippen molar-refractivity contribution in [2.45, 2.75) is 17.4 Å². The molecule has 0 spiro atoms. The summed E-state index contributed by atoms with van der Waals surface area (Å²) in [5, 5.41) is 0.861. The van der Waals surface area contributed by atoms with Gasteiger partial charge in [0.2, 0.25) is 0 Å². The maximum absolute atomic E-state index is 6.26. The Hall–Kier alpha value is -0.220. The van der Waals surface area contributed by atoms with Crippen LogP contribution in [0.15, 0.2) is 23.1 Å². The molecule has 0 aromatic heterocycles. The number of hydrogen-bond donors (Lipinski definition) is 1. The highest BCUT2D eigenvalue weighted by Crippen LogP contribution is 2.36. The van der Waals surface area contributed by atoms with Crippen LogP contribution in [0.1, 0.15) is 18.0 Å². The Labute approximate surface area is 113 Å². The summed E-state index contributed by atoms with van der Waals surface area (Å²) in [5.74, 6) is 0.615. The number of thioether (sulfide) groups is 1. The highest BCUT2D eigenvalue weighted by molar-refractivity contribution is 7.98. The first-order valence-electron chi connectivity index (χ1n) is 5.89. The zero-order valence-electron chi connectivity index (χ0n) is 10.3. The molecule has 1 fully saturated rings. The Kier molecular flexibility index (Phi) is 4.36. The van der Waals surface area contributed by atoms with Crippen LogP contribution in [0.4, 0.5) is 0 Å². The lowest BCUT2D eigenvalue weighted by molar-refractivity contribution is 0.313. The first-order chi connectivity index (χ1) is 8.15. The lowest BCUT2D eigenvalue weighted by atomic mass is 10.00. The molecular weight excluding hydrogens is 252 g/mol. The molecule has 4 heteroatoms. The highest BCUT2D eigenvalue weighted by atomic mass is 35.5. The van der Waals surface area contributed by atoms with Crippen LogP contribution in [-0.2, 0) is 0 Å². The van der Waals surface area contributed by atoms with Crippen molar-refractivity contribution in [3.63, 3.8) is 0 Å². The SMILES string of the molecule is CSc1ccc(C2CC(CN)CN2C)cc1Cl. The van der Waals surface area contributed by atoms with Crippen LogP contribution in [0.25, 0.3) is 0 Å². The Balaban J connectivity index is 2.20. The summed E-state index contributed by atoms with van der Waals surface area (Å²) < 4.78 is 0. The van der Waals surface area contributed by atoms with Crippen molar-refractivity contribution in [2.24, 2.45) is 11.7 Å². The number of halogens is 1. The van der Waals surface area contributed by atoms with Gasteiger partial charge in [0.05, 0.1) is 5.02 Å². The summed E-state index contributed by atoms with van der Waals surface area (Å²) in [5.41, 5.74) is 7.07. The van der Waals surface area contributed by atoms with Crippen LogP contribution >= 0.6 is 23.4 Å². The third-order valence-corrected chi connectivity index (χ3v) is 4.75. The van der Waals surface area contributed by atoms with Crippen LogP contribution in [0.5, 0.6) is 0 Å². The third kappa shape index (κ3) is 2.79. The molecule has 2 N–H and O–H groups in total. The topological polar surface area (TPSA) is 29.3 Å². The number of rotatable bonds is 3. The molecule has 2 rings (SSSR count). The van der Waals surface area contributed by atoms with Crippen molar-refractivity contribution in [3.8, 4) is 0 Å². The van der Waals surface area contributed by atoms with Crippen LogP contribution in [0, 0.1) is 5.92 Å². The molecule has 0 saturated carbocycles. The van der Waals surface area contributed by atoms with Gasteiger partial charge in [-0.05, 0) is 49.9 Å². The normalized spacial score (nSPS) is 25.4. The van der Waals surface area contributed by atoms with Gasteiger partial charge >= 0.3 is 0 Å². The van der Waals surface area contributed by atoms with Gasteiger partial charge in [-0.3, -0.25) is 4.90 Å². The zero-order valence-corrected chi connectivity index (χ0v) is 11.9. The van der Waals surface area contributed by atoms with Gasteiger partial charge in [0.1, 0.15) is 0 Å². The maximum Gasteiger partial charge on any atom is 0.0545 e. The number of nitrogens with two attached hydrogens (primary N) is 1. The zero-order chi connectivity index (χ0) is 12.4. The summed E-state index contributed by atoms with van der Waals surface area (Å²) in [6.45, 7) is 1.86. The smallest absolute Gasteiger partial charge is 0.0545 e. The number of hydrogen-bond acceptors (Lipinski definition) is 3. The van der Waals surface area contributed by atoms with Crippen molar-refractivity contribution in [1.29, 1.82) is 0 Å². The van der Waals surface area contributed by atoms with Crippen molar-refractivity contribution in [3.05, 3.63) is 28.8 Å². The lowest BCUT2D eigenvalue weighted by Crippen LogP contribution is -2.20. The summed E-state index contributed by atoms with van der Waals surface area (Å²) in [6, 6.07) is 6.88. The maximum atomic E-state index is 6.26. The van der Waals surface area contributed by atoms with Gasteiger partial charge in [0, 0.05) is 17.5 Å². The molecule has 1 aliphatic rings. The minimum absolute atomic E-state index is 0.469. The predicted octanol–water partition coefficient (Wildman–Crippen LogP) is 3.01. The minimum Gasteiger partial charge on any atom is -0.330 e. The molecule has 1 aromatic carbocycles. The largest absolute Gasteiger partial charge is 0.330 e. The summed E-state index contributed by atoms with van der Waals surface area (Å²) in [7, 11) is 2.16. The Morgan fingerprint density at radius 1 is 1.53 bits per heavy atom. The molecule has 0 amide bonds.